The third kappa shape index (κ3) is 2.50. The van der Waals surface area contributed by atoms with Crippen LogP contribution in [0.3, 0.4) is 0 Å². The normalized spacial score (nSPS) is 10.8. The first kappa shape index (κ1) is 14.1. The molecule has 2 N–H and O–H groups in total. The number of benzene rings is 1. The number of aromatic nitrogens is 3. The minimum absolute atomic E-state index is 0.0156. The van der Waals surface area contributed by atoms with Gasteiger partial charge < -0.3 is 15.0 Å². The molecule has 0 atom stereocenters. The van der Waals surface area contributed by atoms with E-state index in [4.69, 9.17) is 0 Å². The van der Waals surface area contributed by atoms with Crippen LogP contribution in [0.4, 0.5) is 0 Å². The lowest BCUT2D eigenvalue weighted by atomic mass is 10.1. The van der Waals surface area contributed by atoms with E-state index >= 15 is 0 Å². The molecule has 2 aromatic heterocycles. The van der Waals surface area contributed by atoms with Gasteiger partial charge in [-0.1, -0.05) is 12.1 Å². The number of para-hydroxylation sites is 1. The molecule has 3 rings (SSSR count). The highest BCUT2D eigenvalue weighted by Crippen LogP contribution is 2.29. The highest BCUT2D eigenvalue weighted by molar-refractivity contribution is 5.88. The van der Waals surface area contributed by atoms with Crippen molar-refractivity contribution in [2.45, 2.75) is 6.42 Å². The van der Waals surface area contributed by atoms with Gasteiger partial charge in [0.25, 0.3) is 0 Å². The Kier molecular flexibility index (Phi) is 3.50. The summed E-state index contributed by atoms with van der Waals surface area (Å²) < 4.78 is 0. The molecule has 1 amide bonds. The molecule has 0 saturated carbocycles. The van der Waals surface area contributed by atoms with Gasteiger partial charge >= 0.3 is 0 Å². The molecular formula is C16H16N4O2. The fourth-order valence-corrected chi connectivity index (χ4v) is 2.27. The molecule has 3 aromatic rings. The second-order valence-corrected chi connectivity index (χ2v) is 5.29. The first-order valence-electron chi connectivity index (χ1n) is 6.88. The van der Waals surface area contributed by atoms with Crippen molar-refractivity contribution in [2.24, 2.45) is 0 Å². The van der Waals surface area contributed by atoms with E-state index in [9.17, 15) is 9.90 Å². The highest BCUT2D eigenvalue weighted by Gasteiger charge is 2.13. The van der Waals surface area contributed by atoms with Crippen molar-refractivity contribution >= 4 is 16.9 Å². The number of aromatic hydroxyl groups is 1. The minimum atomic E-state index is 0.0156. The van der Waals surface area contributed by atoms with Crippen LogP contribution in [0, 0.1) is 0 Å². The molecule has 0 spiro atoms. The number of nitrogens with zero attached hydrogens (tertiary/aromatic N) is 3. The number of rotatable bonds is 3. The van der Waals surface area contributed by atoms with Crippen LogP contribution < -0.4 is 0 Å². The lowest BCUT2D eigenvalue weighted by molar-refractivity contribution is -0.127. The van der Waals surface area contributed by atoms with Crippen LogP contribution in [0.1, 0.15) is 5.56 Å². The van der Waals surface area contributed by atoms with E-state index in [2.05, 4.69) is 15.2 Å². The number of amides is 1. The zero-order valence-corrected chi connectivity index (χ0v) is 12.4. The molecule has 0 unspecified atom stereocenters. The van der Waals surface area contributed by atoms with Gasteiger partial charge in [0.05, 0.1) is 12.1 Å². The van der Waals surface area contributed by atoms with Gasteiger partial charge in [-0.25, -0.2) is 0 Å². The third-order valence-electron chi connectivity index (χ3n) is 3.54. The van der Waals surface area contributed by atoms with Crippen LogP contribution in [0.25, 0.3) is 22.3 Å². The van der Waals surface area contributed by atoms with Crippen molar-refractivity contribution in [1.29, 1.82) is 0 Å². The molecule has 112 valence electrons. The Morgan fingerprint density at radius 3 is 2.77 bits per heavy atom. The van der Waals surface area contributed by atoms with Crippen molar-refractivity contribution in [3.05, 3.63) is 42.1 Å². The summed E-state index contributed by atoms with van der Waals surface area (Å²) in [5, 5.41) is 19.0. The maximum Gasteiger partial charge on any atom is 0.226 e. The van der Waals surface area contributed by atoms with Crippen LogP contribution in [-0.4, -0.2) is 45.2 Å². The van der Waals surface area contributed by atoms with E-state index in [1.165, 1.54) is 0 Å². The number of hydrogen-bond donors (Lipinski definition) is 2. The van der Waals surface area contributed by atoms with Crippen molar-refractivity contribution in [3.63, 3.8) is 0 Å². The molecule has 0 aliphatic carbocycles. The van der Waals surface area contributed by atoms with Crippen LogP contribution in [0.5, 0.6) is 5.75 Å². The zero-order valence-electron chi connectivity index (χ0n) is 12.4. The number of fused-ring (bicyclic) bond motifs is 1. The predicted octanol–water partition coefficient (Wildman–Crippen LogP) is 1.96. The van der Waals surface area contributed by atoms with E-state index < -0.39 is 0 Å². The zero-order chi connectivity index (χ0) is 15.7. The number of phenolic OH excluding ortho intramolecular Hbond substituents is 1. The summed E-state index contributed by atoms with van der Waals surface area (Å²) in [6.07, 6.45) is 2.06. The maximum atomic E-state index is 11.9. The molecule has 6 nitrogen and oxygen atoms in total. The summed E-state index contributed by atoms with van der Waals surface area (Å²) in [7, 11) is 3.45. The molecule has 1 aromatic carbocycles. The average molecular weight is 296 g/mol. The Morgan fingerprint density at radius 2 is 2.05 bits per heavy atom. The number of carbonyl (C=O) groups is 1. The second-order valence-electron chi connectivity index (χ2n) is 5.29. The van der Waals surface area contributed by atoms with Gasteiger partial charge in [0.1, 0.15) is 5.75 Å². The van der Waals surface area contributed by atoms with Crippen LogP contribution >= 0.6 is 0 Å². The Bertz CT molecular complexity index is 839. The van der Waals surface area contributed by atoms with E-state index in [1.54, 1.807) is 43.4 Å². The maximum absolute atomic E-state index is 11.9. The van der Waals surface area contributed by atoms with Crippen LogP contribution in [0.15, 0.2) is 36.5 Å². The standard InChI is InChI=1S/C16H16N4O2/c1-20(2)15(22)7-10-9-17-16-12(10)8-13(18-19-16)11-5-3-4-6-14(11)21/h3-6,8-9,21H,7H2,1-2H3,(H,17,19). The first-order valence-corrected chi connectivity index (χ1v) is 6.88. The summed E-state index contributed by atoms with van der Waals surface area (Å²) in [5.74, 6) is 0.166. The summed E-state index contributed by atoms with van der Waals surface area (Å²) in [6, 6.07) is 8.81. The van der Waals surface area contributed by atoms with Gasteiger partial charge in [0, 0.05) is 31.2 Å². The number of H-pyrrole nitrogens is 1. The fraction of sp³-hybridized carbons (Fsp3) is 0.188. The van der Waals surface area contributed by atoms with Gasteiger partial charge in [0.15, 0.2) is 5.65 Å². The smallest absolute Gasteiger partial charge is 0.226 e. The Labute approximate surface area is 127 Å². The number of nitrogens with one attached hydrogen (secondary N) is 1. The first-order chi connectivity index (χ1) is 10.6. The van der Waals surface area contributed by atoms with Crippen molar-refractivity contribution in [1.82, 2.24) is 20.1 Å². The molecule has 0 bridgehead atoms. The molecule has 2 heterocycles. The average Bonchev–Trinajstić information content (AvgIpc) is 2.90. The number of phenols is 1. The Morgan fingerprint density at radius 1 is 1.27 bits per heavy atom. The number of carbonyl (C=O) groups excluding carboxylic acids is 1. The topological polar surface area (TPSA) is 82.1 Å². The van der Waals surface area contributed by atoms with Crippen molar-refractivity contribution in [3.8, 4) is 17.0 Å². The predicted molar refractivity (Wildman–Crippen MR) is 83.4 cm³/mol. The Hall–Kier alpha value is -2.89. The van der Waals surface area contributed by atoms with Crippen molar-refractivity contribution in [2.75, 3.05) is 14.1 Å². The van der Waals surface area contributed by atoms with E-state index in [-0.39, 0.29) is 11.7 Å². The summed E-state index contributed by atoms with van der Waals surface area (Å²) in [4.78, 5) is 16.5. The molecule has 22 heavy (non-hydrogen) atoms. The molecule has 0 saturated heterocycles. The number of aromatic amines is 1. The number of likely N-dealkylation sites (N-methyl/N-ethyl adjacent to an activating group) is 1. The lowest BCUT2D eigenvalue weighted by Crippen LogP contribution is -2.23. The number of hydrogen-bond acceptors (Lipinski definition) is 4. The molecule has 0 aliphatic rings. The quantitative estimate of drug-likeness (QED) is 0.774. The van der Waals surface area contributed by atoms with E-state index in [0.29, 0.717) is 23.3 Å². The van der Waals surface area contributed by atoms with Gasteiger partial charge in [-0.2, -0.15) is 0 Å². The van der Waals surface area contributed by atoms with Gasteiger partial charge in [-0.15, -0.1) is 10.2 Å². The molecule has 0 aliphatic heterocycles. The van der Waals surface area contributed by atoms with Crippen molar-refractivity contribution < 1.29 is 9.90 Å². The lowest BCUT2D eigenvalue weighted by Gasteiger charge is -2.09. The molecule has 6 heteroatoms. The van der Waals surface area contributed by atoms with E-state index in [1.807, 2.05) is 12.1 Å². The minimum Gasteiger partial charge on any atom is -0.507 e. The summed E-state index contributed by atoms with van der Waals surface area (Å²) in [6.45, 7) is 0. The molecule has 0 radical (unpaired) electrons. The molecule has 0 fully saturated rings. The monoisotopic (exact) mass is 296 g/mol. The van der Waals surface area contributed by atoms with Gasteiger partial charge in [-0.3, -0.25) is 4.79 Å². The SMILES string of the molecule is CN(C)C(=O)Cc1c[nH]c2nnc(-c3ccccc3O)cc12. The Balaban J connectivity index is 2.05. The highest BCUT2D eigenvalue weighted by atomic mass is 16.3. The third-order valence-corrected chi connectivity index (χ3v) is 3.54. The van der Waals surface area contributed by atoms with Gasteiger partial charge in [-0.05, 0) is 23.8 Å². The van der Waals surface area contributed by atoms with Gasteiger partial charge in [0.2, 0.25) is 5.91 Å². The molecular weight excluding hydrogens is 280 g/mol. The second kappa shape index (κ2) is 5.48. The van der Waals surface area contributed by atoms with E-state index in [0.717, 1.165) is 10.9 Å². The fourth-order valence-electron chi connectivity index (χ4n) is 2.27. The summed E-state index contributed by atoms with van der Waals surface area (Å²) >= 11 is 0. The summed E-state index contributed by atoms with van der Waals surface area (Å²) in [5.41, 5.74) is 2.67. The van der Waals surface area contributed by atoms with Crippen LogP contribution in [-0.2, 0) is 11.2 Å². The largest absolute Gasteiger partial charge is 0.507 e. The van der Waals surface area contributed by atoms with Crippen LogP contribution in [0.2, 0.25) is 0 Å².